The Morgan fingerprint density at radius 3 is 2.13 bits per heavy atom. The average molecular weight is 429 g/mol. The Bertz CT molecular complexity index is 684. The number of aliphatic hydroxyl groups is 1. The fourth-order valence-electron chi connectivity index (χ4n) is 10.9. The lowest BCUT2D eigenvalue weighted by Crippen LogP contribution is -2.54. The van der Waals surface area contributed by atoms with Crippen LogP contribution in [0.25, 0.3) is 0 Å². The molecule has 0 aliphatic heterocycles. The normalized spacial score (nSPS) is 55.8. The third-order valence-electron chi connectivity index (χ3n) is 13.4. The predicted molar refractivity (Wildman–Crippen MR) is 131 cm³/mol. The van der Waals surface area contributed by atoms with Crippen molar-refractivity contribution >= 4 is 0 Å². The lowest BCUT2D eigenvalue weighted by Gasteiger charge is -2.61. The van der Waals surface area contributed by atoms with Gasteiger partial charge < -0.3 is 5.11 Å². The van der Waals surface area contributed by atoms with E-state index in [-0.39, 0.29) is 6.10 Å². The highest BCUT2D eigenvalue weighted by Crippen LogP contribution is 2.71. The molecule has 1 nitrogen and oxygen atoms in total. The lowest BCUT2D eigenvalue weighted by molar-refractivity contribution is -0.129. The number of rotatable bonds is 4. The third-order valence-corrected chi connectivity index (χ3v) is 13.4. The van der Waals surface area contributed by atoms with Crippen molar-refractivity contribution < 1.29 is 5.11 Å². The summed E-state index contributed by atoms with van der Waals surface area (Å²) in [4.78, 5) is 0. The molecule has 5 aliphatic rings. The molecule has 5 rings (SSSR count). The first-order valence-electron chi connectivity index (χ1n) is 14.2. The first-order valence-corrected chi connectivity index (χ1v) is 14.2. The molecule has 5 aliphatic carbocycles. The molecule has 1 heteroatoms. The smallest absolute Gasteiger partial charge is 0.0543 e. The van der Waals surface area contributed by atoms with Gasteiger partial charge in [0, 0.05) is 0 Å². The van der Waals surface area contributed by atoms with Gasteiger partial charge in [0.1, 0.15) is 0 Å². The van der Waals surface area contributed by atoms with Gasteiger partial charge in [0.2, 0.25) is 0 Å². The van der Waals surface area contributed by atoms with Crippen LogP contribution in [-0.2, 0) is 0 Å². The van der Waals surface area contributed by atoms with Crippen molar-refractivity contribution in [1.82, 2.24) is 0 Å². The maximum atomic E-state index is 10.3. The molecule has 31 heavy (non-hydrogen) atoms. The number of hydrogen-bond acceptors (Lipinski definition) is 1. The molecule has 5 saturated carbocycles. The van der Waals surface area contributed by atoms with Crippen molar-refractivity contribution in [3.8, 4) is 0 Å². The van der Waals surface area contributed by atoms with Crippen LogP contribution in [0.4, 0.5) is 0 Å². The SMILES string of the molecule is CC(C)[C@@H](C)[C@@]1(C)C[C@@H]1[C@@H](C)[C@H]1CC[C@H]2[C@@H]3CC[C@H]4C[C@@H](O)CC[C@]4(C)[C@H]3CC[C@]12C. The molecule has 0 aromatic rings. The van der Waals surface area contributed by atoms with E-state index in [0.29, 0.717) is 16.2 Å². The fourth-order valence-corrected chi connectivity index (χ4v) is 10.9. The van der Waals surface area contributed by atoms with Crippen LogP contribution in [0, 0.1) is 69.5 Å². The summed E-state index contributed by atoms with van der Waals surface area (Å²) in [5, 5.41) is 10.3. The van der Waals surface area contributed by atoms with E-state index in [4.69, 9.17) is 0 Å². The molecule has 0 heterocycles. The zero-order valence-electron chi connectivity index (χ0n) is 21.8. The van der Waals surface area contributed by atoms with E-state index in [1.54, 1.807) is 0 Å². The average Bonchev–Trinajstić information content (AvgIpc) is 3.29. The van der Waals surface area contributed by atoms with Gasteiger partial charge in [-0.1, -0.05) is 48.5 Å². The molecule has 0 aromatic heterocycles. The summed E-state index contributed by atoms with van der Waals surface area (Å²) < 4.78 is 0. The van der Waals surface area contributed by atoms with Gasteiger partial charge in [-0.05, 0) is 134 Å². The van der Waals surface area contributed by atoms with Gasteiger partial charge in [-0.3, -0.25) is 0 Å². The Morgan fingerprint density at radius 1 is 0.742 bits per heavy atom. The van der Waals surface area contributed by atoms with Gasteiger partial charge in [0.05, 0.1) is 6.10 Å². The summed E-state index contributed by atoms with van der Waals surface area (Å²) in [6, 6.07) is 0. The highest BCUT2D eigenvalue weighted by Gasteiger charge is 2.64. The van der Waals surface area contributed by atoms with E-state index in [2.05, 4.69) is 48.5 Å². The molecule has 12 atom stereocenters. The first-order chi connectivity index (χ1) is 14.5. The van der Waals surface area contributed by atoms with Crippen molar-refractivity contribution in [2.75, 3.05) is 0 Å². The van der Waals surface area contributed by atoms with E-state index < -0.39 is 0 Å². The first kappa shape index (κ1) is 22.7. The van der Waals surface area contributed by atoms with Crippen molar-refractivity contribution in [3.63, 3.8) is 0 Å². The highest BCUT2D eigenvalue weighted by atomic mass is 16.3. The molecule has 0 aromatic carbocycles. The van der Waals surface area contributed by atoms with Gasteiger partial charge in [-0.2, -0.15) is 0 Å². The zero-order valence-corrected chi connectivity index (χ0v) is 21.8. The summed E-state index contributed by atoms with van der Waals surface area (Å²) in [6.07, 6.45) is 13.8. The summed E-state index contributed by atoms with van der Waals surface area (Å²) >= 11 is 0. The minimum absolute atomic E-state index is 0.0127. The number of hydrogen-bond donors (Lipinski definition) is 1. The molecule has 0 radical (unpaired) electrons. The van der Waals surface area contributed by atoms with Gasteiger partial charge >= 0.3 is 0 Å². The summed E-state index contributed by atoms with van der Waals surface area (Å²) in [7, 11) is 0. The largest absolute Gasteiger partial charge is 0.393 e. The molecule has 0 spiro atoms. The highest BCUT2D eigenvalue weighted by molar-refractivity contribution is 5.13. The molecule has 1 N–H and O–H groups in total. The summed E-state index contributed by atoms with van der Waals surface area (Å²) in [6.45, 7) is 18.1. The Labute approximate surface area is 193 Å². The molecule has 5 fully saturated rings. The van der Waals surface area contributed by atoms with Crippen LogP contribution < -0.4 is 0 Å². The van der Waals surface area contributed by atoms with E-state index in [0.717, 1.165) is 66.1 Å². The third kappa shape index (κ3) is 3.24. The second kappa shape index (κ2) is 7.48. The minimum Gasteiger partial charge on any atom is -0.393 e. The monoisotopic (exact) mass is 428 g/mol. The maximum absolute atomic E-state index is 10.3. The summed E-state index contributed by atoms with van der Waals surface area (Å²) in [5.41, 5.74) is 1.73. The van der Waals surface area contributed by atoms with Crippen LogP contribution in [0.15, 0.2) is 0 Å². The molecule has 0 bridgehead atoms. The van der Waals surface area contributed by atoms with E-state index >= 15 is 0 Å². The Balaban J connectivity index is 1.33. The Kier molecular flexibility index (Phi) is 5.49. The number of aliphatic hydroxyl groups excluding tert-OH is 1. The Morgan fingerprint density at radius 2 is 1.42 bits per heavy atom. The van der Waals surface area contributed by atoms with Gasteiger partial charge in [0.15, 0.2) is 0 Å². The van der Waals surface area contributed by atoms with Gasteiger partial charge in [0.25, 0.3) is 0 Å². The van der Waals surface area contributed by atoms with Gasteiger partial charge in [-0.25, -0.2) is 0 Å². The quantitative estimate of drug-likeness (QED) is 0.481. The van der Waals surface area contributed by atoms with Crippen LogP contribution in [0.5, 0.6) is 0 Å². The van der Waals surface area contributed by atoms with Crippen LogP contribution in [0.3, 0.4) is 0 Å². The molecule has 0 amide bonds. The molecule has 178 valence electrons. The van der Waals surface area contributed by atoms with Gasteiger partial charge in [-0.15, -0.1) is 0 Å². The summed E-state index contributed by atoms with van der Waals surface area (Å²) in [5.74, 6) is 8.21. The second-order valence-electron chi connectivity index (χ2n) is 14.5. The van der Waals surface area contributed by atoms with Crippen LogP contribution in [-0.4, -0.2) is 11.2 Å². The molecule has 0 saturated heterocycles. The Hall–Kier alpha value is -0.0400. The molecule has 0 unspecified atom stereocenters. The molecular formula is C30H52O. The van der Waals surface area contributed by atoms with Crippen molar-refractivity contribution in [2.45, 2.75) is 119 Å². The van der Waals surface area contributed by atoms with E-state index in [9.17, 15) is 5.11 Å². The van der Waals surface area contributed by atoms with Crippen molar-refractivity contribution in [1.29, 1.82) is 0 Å². The van der Waals surface area contributed by atoms with Crippen molar-refractivity contribution in [2.24, 2.45) is 69.5 Å². The van der Waals surface area contributed by atoms with Crippen LogP contribution in [0.1, 0.15) is 113 Å². The van der Waals surface area contributed by atoms with Crippen LogP contribution >= 0.6 is 0 Å². The number of fused-ring (bicyclic) bond motifs is 5. The topological polar surface area (TPSA) is 20.2 Å². The lowest BCUT2D eigenvalue weighted by atomic mass is 9.44. The molecular weight excluding hydrogens is 376 g/mol. The fraction of sp³-hybridized carbons (Fsp3) is 1.00. The van der Waals surface area contributed by atoms with E-state index in [1.807, 2.05) is 0 Å². The second-order valence-corrected chi connectivity index (χ2v) is 14.5. The minimum atomic E-state index is -0.0127. The van der Waals surface area contributed by atoms with Crippen molar-refractivity contribution in [3.05, 3.63) is 0 Å². The predicted octanol–water partition coefficient (Wildman–Crippen LogP) is 7.96. The zero-order chi connectivity index (χ0) is 22.3. The van der Waals surface area contributed by atoms with Crippen LogP contribution in [0.2, 0.25) is 0 Å². The van der Waals surface area contributed by atoms with E-state index in [1.165, 1.54) is 51.4 Å². The standard InChI is InChI=1S/C30H52O/c1-18(2)20(4)30(7)17-27(30)19(3)24-10-11-25-23-9-8-21-16-22(31)12-14-28(21,5)26(23)13-15-29(24,25)6/h18-27,31H,8-17H2,1-7H3/t19-,20+,21-,22-,23-,24+,25-,26-,27+,28-,29+,30+/m0/s1. The maximum Gasteiger partial charge on any atom is 0.0543 e.